The molecule has 0 aliphatic rings. The van der Waals surface area contributed by atoms with E-state index in [0.717, 1.165) is 21.9 Å². The predicted molar refractivity (Wildman–Crippen MR) is 160 cm³/mol. The lowest BCUT2D eigenvalue weighted by atomic mass is 10.00. The highest BCUT2D eigenvalue weighted by atomic mass is 32.1. The Morgan fingerprint density at radius 2 is 1.68 bits per heavy atom. The van der Waals surface area contributed by atoms with Crippen LogP contribution in [0.1, 0.15) is 37.8 Å². The highest BCUT2D eigenvalue weighted by molar-refractivity contribution is 7.15. The Morgan fingerprint density at radius 1 is 0.951 bits per heavy atom. The van der Waals surface area contributed by atoms with Crippen molar-refractivity contribution in [3.63, 3.8) is 0 Å². The molecule has 3 aromatic carbocycles. The van der Waals surface area contributed by atoms with Gasteiger partial charge in [-0.3, -0.25) is 4.79 Å². The van der Waals surface area contributed by atoms with Gasteiger partial charge in [0, 0.05) is 34.5 Å². The van der Waals surface area contributed by atoms with Crippen molar-refractivity contribution in [2.75, 3.05) is 11.9 Å². The predicted octanol–water partition coefficient (Wildman–Crippen LogP) is 6.98. The number of nitrogens with one attached hydrogen (secondary N) is 1. The zero-order valence-corrected chi connectivity index (χ0v) is 23.6. The standard InChI is InChI=1S/C33H30N2O5S/c1-21-12-17-30(41-21)32-35-27(22(2)40-32)18-19-39-25-15-13-23(14-16-25)20-29(33(37)38)34-28-11-7-6-10-26(28)31(36)24-8-4-3-5-9-24/h3-17,29,34H,18-20H2,1-2H3,(H,37,38). The van der Waals surface area contributed by atoms with Gasteiger partial charge in [0.2, 0.25) is 5.89 Å². The largest absolute Gasteiger partial charge is 0.493 e. The molecule has 0 radical (unpaired) electrons. The Bertz CT molecular complexity index is 1640. The van der Waals surface area contributed by atoms with Crippen molar-refractivity contribution in [2.24, 2.45) is 0 Å². The molecule has 0 saturated carbocycles. The minimum absolute atomic E-state index is 0.169. The normalized spacial score (nSPS) is 11.7. The first-order valence-corrected chi connectivity index (χ1v) is 14.1. The number of carboxylic acids is 1. The van der Waals surface area contributed by atoms with E-state index < -0.39 is 12.0 Å². The molecule has 0 aliphatic heterocycles. The highest BCUT2D eigenvalue weighted by Crippen LogP contribution is 2.29. The van der Waals surface area contributed by atoms with Crippen LogP contribution in [0.2, 0.25) is 0 Å². The van der Waals surface area contributed by atoms with Crippen LogP contribution in [-0.4, -0.2) is 34.5 Å². The number of aliphatic carboxylic acids is 1. The van der Waals surface area contributed by atoms with E-state index in [1.165, 1.54) is 4.88 Å². The number of oxazole rings is 1. The van der Waals surface area contributed by atoms with Crippen molar-refractivity contribution in [2.45, 2.75) is 32.7 Å². The lowest BCUT2D eigenvalue weighted by Gasteiger charge is -2.18. The van der Waals surface area contributed by atoms with Crippen LogP contribution in [0, 0.1) is 13.8 Å². The quantitative estimate of drug-likeness (QED) is 0.157. The van der Waals surface area contributed by atoms with Crippen molar-refractivity contribution in [3.8, 4) is 16.5 Å². The SMILES string of the molecule is Cc1ccc(-c2nc(CCOc3ccc(CC(Nc4ccccc4C(=O)c4ccccc4)C(=O)O)cc3)c(C)o2)s1. The third-order valence-electron chi connectivity index (χ3n) is 6.65. The highest BCUT2D eigenvalue weighted by Gasteiger charge is 2.21. The maximum Gasteiger partial charge on any atom is 0.326 e. The molecule has 0 bridgehead atoms. The summed E-state index contributed by atoms with van der Waals surface area (Å²) >= 11 is 1.65. The molecule has 41 heavy (non-hydrogen) atoms. The number of aromatic nitrogens is 1. The number of nitrogens with zero attached hydrogens (tertiary/aromatic N) is 1. The molecule has 208 valence electrons. The Kier molecular flexibility index (Phi) is 8.60. The van der Waals surface area contributed by atoms with Crippen LogP contribution in [0.5, 0.6) is 5.75 Å². The number of para-hydroxylation sites is 1. The van der Waals surface area contributed by atoms with Gasteiger partial charge in [-0.2, -0.15) is 0 Å². The number of benzene rings is 3. The number of rotatable bonds is 12. The Balaban J connectivity index is 1.19. The second kappa shape index (κ2) is 12.7. The topological polar surface area (TPSA) is 102 Å². The van der Waals surface area contributed by atoms with Gasteiger partial charge in [0.25, 0.3) is 0 Å². The fraction of sp³-hybridized carbons (Fsp3) is 0.182. The van der Waals surface area contributed by atoms with Gasteiger partial charge in [0.05, 0.1) is 17.2 Å². The second-order valence-corrected chi connectivity index (χ2v) is 10.9. The number of ketones is 1. The molecule has 5 rings (SSSR count). The molecule has 0 amide bonds. The third-order valence-corrected chi connectivity index (χ3v) is 7.64. The first-order valence-electron chi connectivity index (χ1n) is 13.3. The van der Waals surface area contributed by atoms with Crippen LogP contribution < -0.4 is 10.1 Å². The third kappa shape index (κ3) is 6.91. The minimum Gasteiger partial charge on any atom is -0.493 e. The summed E-state index contributed by atoms with van der Waals surface area (Å²) in [5.41, 5.74) is 3.14. The van der Waals surface area contributed by atoms with Gasteiger partial charge in [-0.25, -0.2) is 9.78 Å². The summed E-state index contributed by atoms with van der Waals surface area (Å²) in [4.78, 5) is 32.1. The summed E-state index contributed by atoms with van der Waals surface area (Å²) in [5.74, 6) is 0.922. The Hall–Kier alpha value is -4.69. The summed E-state index contributed by atoms with van der Waals surface area (Å²) in [7, 11) is 0. The van der Waals surface area contributed by atoms with Gasteiger partial charge >= 0.3 is 5.97 Å². The molecule has 0 aliphatic carbocycles. The molecule has 0 fully saturated rings. The van der Waals surface area contributed by atoms with E-state index in [9.17, 15) is 14.7 Å². The van der Waals surface area contributed by atoms with Gasteiger partial charge < -0.3 is 19.6 Å². The van der Waals surface area contributed by atoms with Crippen LogP contribution >= 0.6 is 11.3 Å². The first kappa shape index (κ1) is 27.9. The summed E-state index contributed by atoms with van der Waals surface area (Å²) in [6, 6.07) is 26.4. The van der Waals surface area contributed by atoms with E-state index >= 15 is 0 Å². The number of thiophene rings is 1. The van der Waals surface area contributed by atoms with E-state index in [1.807, 2.05) is 49.4 Å². The summed E-state index contributed by atoms with van der Waals surface area (Å²) in [6.07, 6.45) is 0.833. The molecule has 2 N–H and O–H groups in total. The maximum atomic E-state index is 13.1. The number of anilines is 1. The first-order chi connectivity index (χ1) is 19.9. The fourth-order valence-electron chi connectivity index (χ4n) is 4.48. The molecular formula is C33H30N2O5S. The zero-order chi connectivity index (χ0) is 28.8. The van der Waals surface area contributed by atoms with Gasteiger partial charge in [0.15, 0.2) is 5.78 Å². The van der Waals surface area contributed by atoms with Gasteiger partial charge in [-0.15, -0.1) is 11.3 Å². The Morgan fingerprint density at radius 3 is 2.39 bits per heavy atom. The zero-order valence-electron chi connectivity index (χ0n) is 22.8. The molecular weight excluding hydrogens is 536 g/mol. The second-order valence-electron chi connectivity index (χ2n) is 9.65. The summed E-state index contributed by atoms with van der Waals surface area (Å²) in [6.45, 7) is 4.39. The van der Waals surface area contributed by atoms with Crippen LogP contribution in [0.15, 0.2) is 95.4 Å². The van der Waals surface area contributed by atoms with E-state index in [2.05, 4.69) is 17.2 Å². The van der Waals surface area contributed by atoms with Gasteiger partial charge in [0.1, 0.15) is 17.6 Å². The smallest absolute Gasteiger partial charge is 0.326 e. The molecule has 1 unspecified atom stereocenters. The van der Waals surface area contributed by atoms with E-state index in [1.54, 1.807) is 59.9 Å². The van der Waals surface area contributed by atoms with Crippen molar-refractivity contribution in [3.05, 3.63) is 124 Å². The lowest BCUT2D eigenvalue weighted by molar-refractivity contribution is -0.137. The van der Waals surface area contributed by atoms with Crippen molar-refractivity contribution in [1.82, 2.24) is 4.98 Å². The molecule has 5 aromatic rings. The van der Waals surface area contributed by atoms with Crippen LogP contribution in [0.3, 0.4) is 0 Å². The van der Waals surface area contributed by atoms with E-state index in [4.69, 9.17) is 9.15 Å². The molecule has 8 heteroatoms. The number of carbonyl (C=O) groups is 2. The van der Waals surface area contributed by atoms with Crippen molar-refractivity contribution < 1.29 is 23.8 Å². The maximum absolute atomic E-state index is 13.1. The molecule has 0 spiro atoms. The lowest BCUT2D eigenvalue weighted by Crippen LogP contribution is -2.32. The van der Waals surface area contributed by atoms with Gasteiger partial charge in [-0.05, 0) is 55.8 Å². The van der Waals surface area contributed by atoms with Crippen LogP contribution in [0.25, 0.3) is 10.8 Å². The van der Waals surface area contributed by atoms with Crippen molar-refractivity contribution >= 4 is 28.8 Å². The van der Waals surface area contributed by atoms with E-state index in [-0.39, 0.29) is 12.2 Å². The van der Waals surface area contributed by atoms with Crippen molar-refractivity contribution in [1.29, 1.82) is 0 Å². The number of carboxylic acid groups (broad SMARTS) is 1. The average Bonchev–Trinajstić information content (AvgIpc) is 3.59. The molecule has 1 atom stereocenters. The molecule has 2 aromatic heterocycles. The molecule has 2 heterocycles. The Labute approximate surface area is 242 Å². The average molecular weight is 567 g/mol. The number of ether oxygens (including phenoxy) is 1. The summed E-state index contributed by atoms with van der Waals surface area (Å²) in [5, 5.41) is 13.0. The minimum atomic E-state index is -1.01. The van der Waals surface area contributed by atoms with Gasteiger partial charge in [-0.1, -0.05) is 54.6 Å². The number of aryl methyl sites for hydroxylation is 2. The molecule has 7 nitrogen and oxygen atoms in total. The molecule has 0 saturated heterocycles. The fourth-order valence-corrected chi connectivity index (χ4v) is 5.27. The van der Waals surface area contributed by atoms with E-state index in [0.29, 0.717) is 41.5 Å². The van der Waals surface area contributed by atoms with Crippen LogP contribution in [0.4, 0.5) is 5.69 Å². The number of hydrogen-bond acceptors (Lipinski definition) is 7. The monoisotopic (exact) mass is 566 g/mol. The van der Waals surface area contributed by atoms with Crippen LogP contribution in [-0.2, 0) is 17.6 Å². The number of hydrogen-bond donors (Lipinski definition) is 2. The summed E-state index contributed by atoms with van der Waals surface area (Å²) < 4.78 is 11.8. The number of carbonyl (C=O) groups excluding carboxylic acids is 1.